The van der Waals surface area contributed by atoms with Gasteiger partial charge < -0.3 is 20.5 Å². The molecule has 9 nitrogen and oxygen atoms in total. The van der Waals surface area contributed by atoms with Crippen LogP contribution < -0.4 is 15.4 Å². The van der Waals surface area contributed by atoms with Gasteiger partial charge in [-0.25, -0.2) is 4.79 Å². The SMILES string of the molecule is COc1cc(NC(=O)c2ccnnc2)cc(C(=O)Nc2cccc(C(F)(F)F)c2)c1.O=C(O)C(F)(F)F. The van der Waals surface area contributed by atoms with Gasteiger partial charge in [-0.15, -0.1) is 0 Å². The Morgan fingerprint density at radius 2 is 1.46 bits per heavy atom. The van der Waals surface area contributed by atoms with E-state index in [1.165, 1.54) is 55.9 Å². The summed E-state index contributed by atoms with van der Waals surface area (Å²) in [5.74, 6) is -3.64. The van der Waals surface area contributed by atoms with Gasteiger partial charge in [-0.1, -0.05) is 6.07 Å². The van der Waals surface area contributed by atoms with Gasteiger partial charge in [0.05, 0.1) is 30.6 Å². The van der Waals surface area contributed by atoms with Gasteiger partial charge in [0.25, 0.3) is 11.8 Å². The average molecular weight is 530 g/mol. The van der Waals surface area contributed by atoms with Gasteiger partial charge in [-0.05, 0) is 36.4 Å². The Morgan fingerprint density at radius 3 is 2.00 bits per heavy atom. The van der Waals surface area contributed by atoms with Crippen molar-refractivity contribution >= 4 is 29.2 Å². The van der Waals surface area contributed by atoms with Crippen molar-refractivity contribution in [2.45, 2.75) is 12.4 Å². The maximum absolute atomic E-state index is 12.9. The molecule has 0 fully saturated rings. The third-order valence-corrected chi connectivity index (χ3v) is 4.20. The van der Waals surface area contributed by atoms with Crippen molar-refractivity contribution in [1.82, 2.24) is 10.2 Å². The van der Waals surface area contributed by atoms with E-state index < -0.39 is 35.7 Å². The van der Waals surface area contributed by atoms with Gasteiger partial charge >= 0.3 is 18.3 Å². The third kappa shape index (κ3) is 8.79. The second-order valence-electron chi connectivity index (χ2n) is 6.87. The van der Waals surface area contributed by atoms with Gasteiger partial charge in [0.15, 0.2) is 0 Å². The number of rotatable bonds is 5. The summed E-state index contributed by atoms with van der Waals surface area (Å²) in [5.41, 5.74) is -0.320. The highest BCUT2D eigenvalue weighted by Crippen LogP contribution is 2.31. The van der Waals surface area contributed by atoms with E-state index >= 15 is 0 Å². The summed E-state index contributed by atoms with van der Waals surface area (Å²) in [6, 6.07) is 9.99. The molecule has 37 heavy (non-hydrogen) atoms. The zero-order chi connectivity index (χ0) is 27.8. The first kappa shape index (κ1) is 28.5. The third-order valence-electron chi connectivity index (χ3n) is 4.20. The Bertz CT molecular complexity index is 1270. The number of aromatic nitrogens is 2. The fourth-order valence-corrected chi connectivity index (χ4v) is 2.52. The minimum Gasteiger partial charge on any atom is -0.497 e. The molecular weight excluding hydrogens is 514 g/mol. The highest BCUT2D eigenvalue weighted by atomic mass is 19.4. The minimum absolute atomic E-state index is 0.0221. The lowest BCUT2D eigenvalue weighted by molar-refractivity contribution is -0.192. The lowest BCUT2D eigenvalue weighted by Gasteiger charge is -2.12. The van der Waals surface area contributed by atoms with Gasteiger partial charge in [0, 0.05) is 23.0 Å². The van der Waals surface area contributed by atoms with Crippen molar-refractivity contribution in [3.63, 3.8) is 0 Å². The highest BCUT2D eigenvalue weighted by Gasteiger charge is 2.38. The van der Waals surface area contributed by atoms with E-state index in [1.54, 1.807) is 0 Å². The standard InChI is InChI=1S/C20H15F3N4O3.C2HF3O2/c1-30-17-8-13(7-16(10-17)27-18(28)12-5-6-24-25-11-12)19(29)26-15-4-2-3-14(9-15)20(21,22)23;3-2(4,5)1(6)7/h2-11H,1H3,(H,26,29)(H,27,28);(H,6,7). The minimum atomic E-state index is -5.08. The van der Waals surface area contributed by atoms with Crippen molar-refractivity contribution in [1.29, 1.82) is 0 Å². The molecule has 3 N–H and O–H groups in total. The van der Waals surface area contributed by atoms with Crippen LogP contribution in [-0.2, 0) is 11.0 Å². The monoisotopic (exact) mass is 530 g/mol. The first-order chi connectivity index (χ1) is 17.2. The highest BCUT2D eigenvalue weighted by molar-refractivity contribution is 6.07. The molecule has 0 aliphatic carbocycles. The number of amides is 2. The van der Waals surface area contributed by atoms with E-state index in [2.05, 4.69) is 20.8 Å². The largest absolute Gasteiger partial charge is 0.497 e. The predicted octanol–water partition coefficient (Wildman–Crippen LogP) is 4.64. The first-order valence-electron chi connectivity index (χ1n) is 9.76. The summed E-state index contributed by atoms with van der Waals surface area (Å²) in [6.45, 7) is 0. The Morgan fingerprint density at radius 1 is 0.838 bits per heavy atom. The number of nitrogens with zero attached hydrogens (tertiary/aromatic N) is 2. The Hall–Kier alpha value is -4.69. The van der Waals surface area contributed by atoms with Crippen LogP contribution in [0.25, 0.3) is 0 Å². The predicted molar refractivity (Wildman–Crippen MR) is 116 cm³/mol. The van der Waals surface area contributed by atoms with E-state index in [1.807, 2.05) is 0 Å². The molecule has 0 saturated carbocycles. The molecule has 3 rings (SSSR count). The molecule has 0 saturated heterocycles. The number of aliphatic carboxylic acids is 1. The molecule has 0 radical (unpaired) electrons. The number of methoxy groups -OCH3 is 1. The average Bonchev–Trinajstić information content (AvgIpc) is 2.83. The van der Waals surface area contributed by atoms with Gasteiger partial charge in [0.2, 0.25) is 0 Å². The lowest BCUT2D eigenvalue weighted by atomic mass is 10.1. The van der Waals surface area contributed by atoms with Gasteiger partial charge in [-0.3, -0.25) is 9.59 Å². The molecule has 1 heterocycles. The lowest BCUT2D eigenvalue weighted by Crippen LogP contribution is -2.21. The number of carboxylic acid groups (broad SMARTS) is 1. The summed E-state index contributed by atoms with van der Waals surface area (Å²) < 4.78 is 75.5. The van der Waals surface area contributed by atoms with Crippen molar-refractivity contribution in [2.75, 3.05) is 17.7 Å². The molecule has 3 aromatic rings. The Balaban J connectivity index is 0.000000604. The number of hydrogen-bond acceptors (Lipinski definition) is 6. The number of ether oxygens (including phenoxy) is 1. The maximum Gasteiger partial charge on any atom is 0.490 e. The molecule has 0 atom stereocenters. The quantitative estimate of drug-likeness (QED) is 0.410. The second-order valence-corrected chi connectivity index (χ2v) is 6.87. The van der Waals surface area contributed by atoms with Crippen LogP contribution in [0.2, 0.25) is 0 Å². The van der Waals surface area contributed by atoms with Crippen molar-refractivity contribution in [3.05, 3.63) is 77.6 Å². The Kier molecular flexibility index (Phi) is 9.13. The molecular formula is C22H16F6N4O5. The van der Waals surface area contributed by atoms with Crippen LogP contribution in [0, 0.1) is 0 Å². The van der Waals surface area contributed by atoms with E-state index in [4.69, 9.17) is 14.6 Å². The number of benzene rings is 2. The Labute approximate surface area is 204 Å². The zero-order valence-corrected chi connectivity index (χ0v) is 18.5. The number of anilines is 2. The maximum atomic E-state index is 12.9. The molecule has 15 heteroatoms. The molecule has 0 aliphatic heterocycles. The van der Waals surface area contributed by atoms with Crippen LogP contribution in [0.3, 0.4) is 0 Å². The topological polar surface area (TPSA) is 131 Å². The molecule has 0 aliphatic rings. The van der Waals surface area contributed by atoms with E-state index in [0.717, 1.165) is 12.1 Å². The summed E-state index contributed by atoms with van der Waals surface area (Å²) >= 11 is 0. The smallest absolute Gasteiger partial charge is 0.490 e. The van der Waals surface area contributed by atoms with Gasteiger partial charge in [-0.2, -0.15) is 36.5 Å². The van der Waals surface area contributed by atoms with Crippen molar-refractivity contribution < 1.29 is 50.6 Å². The van der Waals surface area contributed by atoms with Crippen LogP contribution in [0.4, 0.5) is 37.7 Å². The van der Waals surface area contributed by atoms with Crippen LogP contribution in [0.5, 0.6) is 5.75 Å². The first-order valence-corrected chi connectivity index (χ1v) is 9.76. The number of carbonyl (C=O) groups is 3. The fourth-order valence-electron chi connectivity index (χ4n) is 2.52. The number of carboxylic acids is 1. The summed E-state index contributed by atoms with van der Waals surface area (Å²) in [6.07, 6.45) is -6.98. The molecule has 0 bridgehead atoms. The molecule has 196 valence electrons. The van der Waals surface area contributed by atoms with Crippen molar-refractivity contribution in [2.24, 2.45) is 0 Å². The van der Waals surface area contributed by atoms with Crippen LogP contribution in [0.15, 0.2) is 60.9 Å². The molecule has 0 spiro atoms. The number of carbonyl (C=O) groups excluding carboxylic acids is 2. The van der Waals surface area contributed by atoms with Crippen molar-refractivity contribution in [3.8, 4) is 5.75 Å². The van der Waals surface area contributed by atoms with Gasteiger partial charge in [0.1, 0.15) is 5.75 Å². The molecule has 2 amide bonds. The van der Waals surface area contributed by atoms with E-state index in [9.17, 15) is 35.9 Å². The second kappa shape index (κ2) is 11.8. The summed E-state index contributed by atoms with van der Waals surface area (Å²) in [5, 5.41) is 19.3. The zero-order valence-electron chi connectivity index (χ0n) is 18.5. The summed E-state index contributed by atoms with van der Waals surface area (Å²) in [4.78, 5) is 33.8. The molecule has 2 aromatic carbocycles. The van der Waals surface area contributed by atoms with Crippen LogP contribution in [-0.4, -0.2) is 46.4 Å². The number of hydrogen-bond donors (Lipinski definition) is 3. The molecule has 0 unspecified atom stereocenters. The fraction of sp³-hybridized carbons (Fsp3) is 0.136. The summed E-state index contributed by atoms with van der Waals surface area (Å²) in [7, 11) is 1.38. The van der Waals surface area contributed by atoms with Crippen LogP contribution in [0.1, 0.15) is 26.3 Å². The molecule has 1 aromatic heterocycles. The normalized spacial score (nSPS) is 11.0. The number of halogens is 6. The van der Waals surface area contributed by atoms with Crippen LogP contribution >= 0.6 is 0 Å². The van der Waals surface area contributed by atoms with E-state index in [-0.39, 0.29) is 28.3 Å². The number of alkyl halides is 6. The number of nitrogens with one attached hydrogen (secondary N) is 2. The van der Waals surface area contributed by atoms with E-state index in [0.29, 0.717) is 0 Å².